The lowest BCUT2D eigenvalue weighted by molar-refractivity contribution is 0.637. The molecule has 2 aromatic carbocycles. The smallest absolute Gasteiger partial charge is 0.206 e. The highest BCUT2D eigenvalue weighted by atomic mass is 79.9. The van der Waals surface area contributed by atoms with Crippen LogP contribution in [0.25, 0.3) is 16.7 Å². The molecule has 3 aromatic rings. The van der Waals surface area contributed by atoms with Gasteiger partial charge >= 0.3 is 0 Å². The molecular weight excluding hydrogens is 309 g/mol. The van der Waals surface area contributed by atoms with Crippen LogP contribution in [-0.2, 0) is 0 Å². The summed E-state index contributed by atoms with van der Waals surface area (Å²) in [4.78, 5) is 4.10. The van der Waals surface area contributed by atoms with Gasteiger partial charge in [0.1, 0.15) is 5.52 Å². The van der Waals surface area contributed by atoms with E-state index in [9.17, 15) is 4.39 Å². The summed E-state index contributed by atoms with van der Waals surface area (Å²) < 4.78 is 16.5. The summed E-state index contributed by atoms with van der Waals surface area (Å²) in [5, 5.41) is 0. The normalized spacial score (nSPS) is 11.1. The zero-order valence-corrected chi connectivity index (χ0v) is 11.8. The number of nitrogens with two attached hydrogens (primary N) is 1. The summed E-state index contributed by atoms with van der Waals surface area (Å²) >= 11 is 3.46. The lowest BCUT2D eigenvalue weighted by atomic mass is 10.2. The molecule has 0 amide bonds. The number of aryl methyl sites for hydroxylation is 1. The van der Waals surface area contributed by atoms with E-state index in [2.05, 4.69) is 20.9 Å². The predicted octanol–water partition coefficient (Wildman–Crippen LogP) is 3.82. The Morgan fingerprint density at radius 2 is 2.05 bits per heavy atom. The molecule has 0 radical (unpaired) electrons. The van der Waals surface area contributed by atoms with E-state index in [4.69, 9.17) is 5.73 Å². The van der Waals surface area contributed by atoms with E-state index in [-0.39, 0.29) is 11.8 Å². The maximum atomic E-state index is 13.7. The van der Waals surface area contributed by atoms with E-state index in [1.165, 1.54) is 6.07 Å². The summed E-state index contributed by atoms with van der Waals surface area (Å²) in [5.74, 6) is -0.0846. The average Bonchev–Trinajstić information content (AvgIpc) is 2.71. The Morgan fingerprint density at radius 1 is 1.26 bits per heavy atom. The summed E-state index contributed by atoms with van der Waals surface area (Å²) in [6, 6.07) is 10.7. The third-order valence-corrected chi connectivity index (χ3v) is 3.95. The molecule has 1 heterocycles. The van der Waals surface area contributed by atoms with Gasteiger partial charge in [-0.3, -0.25) is 4.57 Å². The van der Waals surface area contributed by atoms with E-state index in [0.717, 1.165) is 15.7 Å². The topological polar surface area (TPSA) is 43.8 Å². The number of hydrogen-bond donors (Lipinski definition) is 1. The van der Waals surface area contributed by atoms with Gasteiger partial charge in [0.25, 0.3) is 0 Å². The summed E-state index contributed by atoms with van der Waals surface area (Å²) in [6.07, 6.45) is 0. The number of para-hydroxylation sites is 1. The molecule has 96 valence electrons. The Bertz CT molecular complexity index is 780. The third kappa shape index (κ3) is 1.90. The van der Waals surface area contributed by atoms with Crippen LogP contribution in [0.5, 0.6) is 0 Å². The molecule has 0 unspecified atom stereocenters. The lowest BCUT2D eigenvalue weighted by Crippen LogP contribution is -2.00. The van der Waals surface area contributed by atoms with Crippen molar-refractivity contribution in [3.63, 3.8) is 0 Å². The van der Waals surface area contributed by atoms with Crippen LogP contribution in [0.2, 0.25) is 0 Å². The number of rotatable bonds is 1. The van der Waals surface area contributed by atoms with Crippen molar-refractivity contribution in [1.82, 2.24) is 9.55 Å². The fraction of sp³-hybridized carbons (Fsp3) is 0.0714. The highest BCUT2D eigenvalue weighted by molar-refractivity contribution is 9.10. The molecule has 0 spiro atoms. The first kappa shape index (κ1) is 12.2. The monoisotopic (exact) mass is 319 g/mol. The van der Waals surface area contributed by atoms with Gasteiger partial charge in [-0.2, -0.15) is 0 Å². The summed E-state index contributed by atoms with van der Waals surface area (Å²) in [6.45, 7) is 1.99. The van der Waals surface area contributed by atoms with E-state index >= 15 is 0 Å². The number of benzene rings is 2. The summed E-state index contributed by atoms with van der Waals surface area (Å²) in [5.41, 5.74) is 8.82. The Morgan fingerprint density at radius 3 is 2.79 bits per heavy atom. The molecule has 0 saturated heterocycles. The van der Waals surface area contributed by atoms with Crippen LogP contribution >= 0.6 is 15.9 Å². The minimum absolute atomic E-state index is 0.279. The van der Waals surface area contributed by atoms with Crippen molar-refractivity contribution in [3.8, 4) is 5.69 Å². The van der Waals surface area contributed by atoms with Crippen molar-refractivity contribution in [2.75, 3.05) is 5.73 Å². The quantitative estimate of drug-likeness (QED) is 0.741. The largest absolute Gasteiger partial charge is 0.369 e. The number of halogens is 2. The predicted molar refractivity (Wildman–Crippen MR) is 77.9 cm³/mol. The summed E-state index contributed by atoms with van der Waals surface area (Å²) in [7, 11) is 0. The number of imidazole rings is 1. The number of nitrogen functional groups attached to an aromatic ring is 1. The number of nitrogens with zero attached hydrogens (tertiary/aromatic N) is 2. The van der Waals surface area contributed by atoms with Crippen LogP contribution in [0.1, 0.15) is 5.56 Å². The van der Waals surface area contributed by atoms with Gasteiger partial charge in [0.05, 0.1) is 5.52 Å². The minimum Gasteiger partial charge on any atom is -0.369 e. The first-order chi connectivity index (χ1) is 9.08. The van der Waals surface area contributed by atoms with Gasteiger partial charge < -0.3 is 5.73 Å². The molecule has 3 nitrogen and oxygen atoms in total. The molecule has 0 fully saturated rings. The van der Waals surface area contributed by atoms with E-state index in [1.807, 2.05) is 25.1 Å². The number of fused-ring (bicyclic) bond motifs is 1. The van der Waals surface area contributed by atoms with Crippen LogP contribution in [0.3, 0.4) is 0 Å². The maximum Gasteiger partial charge on any atom is 0.206 e. The maximum absolute atomic E-state index is 13.7. The van der Waals surface area contributed by atoms with Gasteiger partial charge in [-0.05, 0) is 42.8 Å². The molecule has 0 aliphatic carbocycles. The molecular formula is C14H11BrFN3. The molecule has 0 aliphatic rings. The highest BCUT2D eigenvalue weighted by Crippen LogP contribution is 2.27. The van der Waals surface area contributed by atoms with Gasteiger partial charge in [-0.15, -0.1) is 0 Å². The van der Waals surface area contributed by atoms with Crippen molar-refractivity contribution in [2.45, 2.75) is 6.92 Å². The number of anilines is 1. The Hall–Kier alpha value is -1.88. The fourth-order valence-electron chi connectivity index (χ4n) is 2.12. The van der Waals surface area contributed by atoms with Crippen LogP contribution in [0.4, 0.5) is 10.3 Å². The highest BCUT2D eigenvalue weighted by Gasteiger charge is 2.13. The third-order valence-electron chi connectivity index (χ3n) is 3.06. The molecule has 0 aliphatic heterocycles. The Kier molecular flexibility index (Phi) is 2.78. The minimum atomic E-state index is -0.364. The number of hydrogen-bond acceptors (Lipinski definition) is 2. The van der Waals surface area contributed by atoms with Crippen LogP contribution in [0.15, 0.2) is 40.9 Å². The van der Waals surface area contributed by atoms with E-state index in [1.54, 1.807) is 16.7 Å². The van der Waals surface area contributed by atoms with Gasteiger partial charge in [-0.25, -0.2) is 9.37 Å². The zero-order valence-electron chi connectivity index (χ0n) is 10.2. The fourth-order valence-corrected chi connectivity index (χ4v) is 2.37. The van der Waals surface area contributed by atoms with Crippen molar-refractivity contribution in [2.24, 2.45) is 0 Å². The van der Waals surface area contributed by atoms with E-state index in [0.29, 0.717) is 11.0 Å². The molecule has 0 saturated carbocycles. The molecule has 0 bridgehead atoms. The van der Waals surface area contributed by atoms with Gasteiger partial charge in [0, 0.05) is 10.2 Å². The number of aromatic nitrogens is 2. The lowest BCUT2D eigenvalue weighted by Gasteiger charge is -2.08. The molecule has 19 heavy (non-hydrogen) atoms. The first-order valence-corrected chi connectivity index (χ1v) is 6.56. The second-order valence-corrected chi connectivity index (χ2v) is 5.20. The van der Waals surface area contributed by atoms with Crippen molar-refractivity contribution < 1.29 is 4.39 Å². The Labute approximate surface area is 118 Å². The molecule has 5 heteroatoms. The van der Waals surface area contributed by atoms with Crippen LogP contribution in [-0.4, -0.2) is 9.55 Å². The van der Waals surface area contributed by atoms with Gasteiger partial charge in [0.2, 0.25) is 5.95 Å². The second-order valence-electron chi connectivity index (χ2n) is 4.35. The van der Waals surface area contributed by atoms with Crippen molar-refractivity contribution >= 4 is 32.9 Å². The van der Waals surface area contributed by atoms with E-state index < -0.39 is 0 Å². The molecule has 2 N–H and O–H groups in total. The SMILES string of the molecule is Cc1cc(-n2c(N)nc3c(F)cccc32)ccc1Br. The first-order valence-electron chi connectivity index (χ1n) is 5.77. The second kappa shape index (κ2) is 4.35. The standard InChI is InChI=1S/C14H11BrFN3/c1-8-7-9(5-6-10(8)15)19-12-4-2-3-11(16)13(12)18-14(19)17/h2-7H,1H3,(H2,17,18). The van der Waals surface area contributed by atoms with Crippen molar-refractivity contribution in [3.05, 3.63) is 52.3 Å². The zero-order chi connectivity index (χ0) is 13.6. The van der Waals surface area contributed by atoms with Crippen LogP contribution in [0, 0.1) is 12.7 Å². The average molecular weight is 320 g/mol. The molecule has 1 aromatic heterocycles. The van der Waals surface area contributed by atoms with Gasteiger partial charge in [-0.1, -0.05) is 22.0 Å². The van der Waals surface area contributed by atoms with Crippen molar-refractivity contribution in [1.29, 1.82) is 0 Å². The van der Waals surface area contributed by atoms with Gasteiger partial charge in [0.15, 0.2) is 5.82 Å². The van der Waals surface area contributed by atoms with Crippen LogP contribution < -0.4 is 5.73 Å². The Balaban J connectivity index is 2.33. The molecule has 0 atom stereocenters. The molecule has 3 rings (SSSR count).